The van der Waals surface area contributed by atoms with Crippen LogP contribution in [0.2, 0.25) is 0 Å². The van der Waals surface area contributed by atoms with Gasteiger partial charge in [0, 0.05) is 13.1 Å². The average molecular weight is 310 g/mol. The molecule has 2 saturated heterocycles. The van der Waals surface area contributed by atoms with E-state index < -0.39 is 0 Å². The van der Waals surface area contributed by atoms with Gasteiger partial charge in [-0.1, -0.05) is 20.8 Å². The summed E-state index contributed by atoms with van der Waals surface area (Å²) in [5, 5.41) is 0. The highest BCUT2D eigenvalue weighted by atomic mass is 15.2. The summed E-state index contributed by atoms with van der Waals surface area (Å²) >= 11 is 0. The molecule has 3 unspecified atom stereocenters. The number of rotatable bonds is 0. The smallest absolute Gasteiger partial charge is 0.0109 e. The Hall–Kier alpha value is -0.120. The van der Waals surface area contributed by atoms with Crippen LogP contribution in [0.3, 0.4) is 0 Å². The highest BCUT2D eigenvalue weighted by molar-refractivity contribution is 4.78. The maximum absolute atomic E-state index is 2.75. The van der Waals surface area contributed by atoms with Crippen LogP contribution >= 0.6 is 0 Å². The molecule has 0 amide bonds. The maximum Gasteiger partial charge on any atom is 0.0109 e. The van der Waals surface area contributed by atoms with Crippen LogP contribution in [0.5, 0.6) is 0 Å². The molecule has 0 aromatic heterocycles. The Balaban J connectivity index is 2.05. The van der Waals surface area contributed by atoms with E-state index in [1.165, 1.54) is 84.5 Å². The van der Waals surface area contributed by atoms with Gasteiger partial charge in [0.25, 0.3) is 0 Å². The second-order valence-corrected chi connectivity index (χ2v) is 8.69. The van der Waals surface area contributed by atoms with E-state index in [-0.39, 0.29) is 0 Å². The fourth-order valence-electron chi connectivity index (χ4n) is 4.09. The third-order valence-electron chi connectivity index (χ3n) is 5.81. The Morgan fingerprint density at radius 1 is 0.636 bits per heavy atom. The van der Waals surface area contributed by atoms with E-state index in [1.54, 1.807) is 0 Å². The maximum atomic E-state index is 2.75. The largest absolute Gasteiger partial charge is 0.305 e. The fourth-order valence-corrected chi connectivity index (χ4v) is 4.09. The van der Waals surface area contributed by atoms with Gasteiger partial charge in [-0.2, -0.15) is 0 Å². The topological polar surface area (TPSA) is 9.72 Å². The zero-order valence-corrected chi connectivity index (χ0v) is 15.6. The molecule has 3 nitrogen and oxygen atoms in total. The lowest BCUT2D eigenvalue weighted by molar-refractivity contribution is 0.164. The Bertz CT molecular complexity index is 310. The third kappa shape index (κ3) is 6.17. The summed E-state index contributed by atoms with van der Waals surface area (Å²) < 4.78 is 0. The highest BCUT2D eigenvalue weighted by Crippen LogP contribution is 2.33. The summed E-state index contributed by atoms with van der Waals surface area (Å²) in [5.41, 5.74) is 0.460. The minimum Gasteiger partial charge on any atom is -0.305 e. The normalized spacial score (nSPS) is 34.1. The Labute approximate surface area is 139 Å². The fraction of sp³-hybridized carbons (Fsp3) is 1.00. The van der Waals surface area contributed by atoms with E-state index >= 15 is 0 Å². The second kappa shape index (κ2) is 8.65. The van der Waals surface area contributed by atoms with Gasteiger partial charge in [0.1, 0.15) is 0 Å². The van der Waals surface area contributed by atoms with Crippen LogP contribution in [0.25, 0.3) is 0 Å². The molecule has 0 N–H and O–H groups in total. The molecule has 0 saturated carbocycles. The molecule has 3 heteroatoms. The van der Waals surface area contributed by atoms with Crippen molar-refractivity contribution in [3.8, 4) is 0 Å². The van der Waals surface area contributed by atoms with Crippen molar-refractivity contribution in [1.82, 2.24) is 14.7 Å². The number of hydrogen-bond donors (Lipinski definition) is 0. The summed E-state index contributed by atoms with van der Waals surface area (Å²) in [5.74, 6) is 0.876. The van der Waals surface area contributed by atoms with Crippen molar-refractivity contribution < 1.29 is 0 Å². The van der Waals surface area contributed by atoms with Crippen molar-refractivity contribution in [3.05, 3.63) is 0 Å². The third-order valence-corrected chi connectivity index (χ3v) is 5.81. The van der Waals surface area contributed by atoms with Gasteiger partial charge in [-0.3, -0.25) is 0 Å². The molecule has 2 aliphatic heterocycles. The molecular weight excluding hydrogens is 270 g/mol. The van der Waals surface area contributed by atoms with E-state index in [0.717, 1.165) is 5.92 Å². The predicted molar refractivity (Wildman–Crippen MR) is 96.4 cm³/mol. The lowest BCUT2D eigenvalue weighted by atomic mass is 9.76. The summed E-state index contributed by atoms with van der Waals surface area (Å²) in [6.07, 6.45) is 6.86. The molecule has 130 valence electrons. The lowest BCUT2D eigenvalue weighted by Gasteiger charge is -2.33. The zero-order chi connectivity index (χ0) is 16.0. The van der Waals surface area contributed by atoms with Crippen molar-refractivity contribution in [2.45, 2.75) is 52.9 Å². The molecule has 2 rings (SSSR count). The molecule has 3 atom stereocenters. The highest BCUT2D eigenvalue weighted by Gasteiger charge is 2.25. The molecule has 0 aliphatic carbocycles. The molecule has 2 aliphatic rings. The van der Waals surface area contributed by atoms with Crippen LogP contribution in [-0.2, 0) is 0 Å². The molecule has 0 radical (unpaired) electrons. The molecule has 0 spiro atoms. The molecule has 0 aromatic rings. The predicted octanol–water partition coefficient (Wildman–Crippen LogP) is 3.16. The van der Waals surface area contributed by atoms with Gasteiger partial charge in [0.15, 0.2) is 0 Å². The van der Waals surface area contributed by atoms with E-state index in [1.807, 2.05) is 0 Å². The quantitative estimate of drug-likeness (QED) is 0.680. The minimum atomic E-state index is 0.460. The van der Waals surface area contributed by atoms with Crippen LogP contribution in [-0.4, -0.2) is 74.1 Å². The van der Waals surface area contributed by atoms with Crippen LogP contribution in [0.15, 0.2) is 0 Å². The van der Waals surface area contributed by atoms with Gasteiger partial charge < -0.3 is 14.7 Å². The van der Waals surface area contributed by atoms with Gasteiger partial charge in [0.2, 0.25) is 0 Å². The van der Waals surface area contributed by atoms with Gasteiger partial charge in [0.05, 0.1) is 0 Å². The summed E-state index contributed by atoms with van der Waals surface area (Å²) in [4.78, 5) is 8.01. The average Bonchev–Trinajstić information content (AvgIpc) is 2.51. The SMILES string of the molecule is CN1CCCN2CCCN(CCCC(C(C)(C)C)CC2)CC1. The van der Waals surface area contributed by atoms with Crippen LogP contribution in [0.4, 0.5) is 0 Å². The van der Waals surface area contributed by atoms with Crippen LogP contribution in [0, 0.1) is 11.3 Å². The summed E-state index contributed by atoms with van der Waals surface area (Å²) in [7, 11) is 2.29. The molecule has 2 fully saturated rings. The first kappa shape index (κ1) is 18.2. The van der Waals surface area contributed by atoms with E-state index in [0.29, 0.717) is 5.41 Å². The Morgan fingerprint density at radius 2 is 1.23 bits per heavy atom. The van der Waals surface area contributed by atoms with Gasteiger partial charge >= 0.3 is 0 Å². The molecule has 22 heavy (non-hydrogen) atoms. The molecule has 2 heterocycles. The Kier molecular flexibility index (Phi) is 7.17. The summed E-state index contributed by atoms with van der Waals surface area (Å²) in [6.45, 7) is 17.6. The van der Waals surface area contributed by atoms with Gasteiger partial charge in [-0.15, -0.1) is 0 Å². The number of nitrogens with zero attached hydrogens (tertiary/aromatic N) is 3. The van der Waals surface area contributed by atoms with Crippen molar-refractivity contribution in [1.29, 1.82) is 0 Å². The Morgan fingerprint density at radius 3 is 1.91 bits per heavy atom. The molecule has 2 bridgehead atoms. The first-order valence-corrected chi connectivity index (χ1v) is 9.58. The van der Waals surface area contributed by atoms with Crippen molar-refractivity contribution in [2.24, 2.45) is 11.3 Å². The van der Waals surface area contributed by atoms with Crippen LogP contribution in [0.1, 0.15) is 52.9 Å². The number of hydrogen-bond acceptors (Lipinski definition) is 3. The van der Waals surface area contributed by atoms with Gasteiger partial charge in [-0.05, 0) is 89.8 Å². The molecule has 0 aromatic carbocycles. The van der Waals surface area contributed by atoms with E-state index in [9.17, 15) is 0 Å². The molecular formula is C19H39N3. The zero-order valence-electron chi connectivity index (χ0n) is 15.6. The number of likely N-dealkylation sites (N-methyl/N-ethyl adjacent to an activating group) is 1. The first-order chi connectivity index (χ1) is 10.4. The standard InChI is InChI=1S/C19H39N3/c1-19(2,3)18-8-5-11-22-14-7-13-21(15-9-18)12-6-10-20(4)16-17-22/h18H,5-17H2,1-4H3. The lowest BCUT2D eigenvalue weighted by Crippen LogP contribution is -2.35. The van der Waals surface area contributed by atoms with Crippen molar-refractivity contribution in [3.63, 3.8) is 0 Å². The monoisotopic (exact) mass is 309 g/mol. The van der Waals surface area contributed by atoms with E-state index in [2.05, 4.69) is 42.5 Å². The van der Waals surface area contributed by atoms with Crippen molar-refractivity contribution >= 4 is 0 Å². The van der Waals surface area contributed by atoms with Crippen LogP contribution < -0.4 is 0 Å². The minimum absolute atomic E-state index is 0.460. The first-order valence-electron chi connectivity index (χ1n) is 9.58. The van der Waals surface area contributed by atoms with Gasteiger partial charge in [-0.25, -0.2) is 0 Å². The summed E-state index contributed by atoms with van der Waals surface area (Å²) in [6, 6.07) is 0. The van der Waals surface area contributed by atoms with E-state index in [4.69, 9.17) is 0 Å². The second-order valence-electron chi connectivity index (χ2n) is 8.69. The number of fused-ring (bicyclic) bond motifs is 4. The van der Waals surface area contributed by atoms with Crippen molar-refractivity contribution in [2.75, 3.05) is 59.4 Å².